The van der Waals surface area contributed by atoms with Crippen molar-refractivity contribution < 1.29 is 13.9 Å². The van der Waals surface area contributed by atoms with Gasteiger partial charge in [-0.1, -0.05) is 11.6 Å². The van der Waals surface area contributed by atoms with Gasteiger partial charge in [-0.2, -0.15) is 4.98 Å². The van der Waals surface area contributed by atoms with Crippen molar-refractivity contribution in [3.8, 4) is 11.3 Å². The van der Waals surface area contributed by atoms with Crippen LogP contribution in [0.1, 0.15) is 37.0 Å². The number of anilines is 3. The van der Waals surface area contributed by atoms with Gasteiger partial charge in [-0.3, -0.25) is 0 Å². The summed E-state index contributed by atoms with van der Waals surface area (Å²) in [5.74, 6) is 1.50. The minimum absolute atomic E-state index is 0.110. The molecule has 0 aliphatic carbocycles. The SMILES string of the molecule is CCOC(=O)c1cnc(N2CCN(c3cc(-c4ccc(F)cc4)nc(N4CCCC4)n3)[C@H](C)C2)c(Cl)c1. The van der Waals surface area contributed by atoms with E-state index in [1.165, 1.54) is 18.3 Å². The van der Waals surface area contributed by atoms with E-state index in [4.69, 9.17) is 26.3 Å². The number of halogens is 2. The zero-order chi connectivity index (χ0) is 25.9. The quantitative estimate of drug-likeness (QED) is 0.425. The Balaban J connectivity index is 1.39. The number of ether oxygens (including phenoxy) is 1. The summed E-state index contributed by atoms with van der Waals surface area (Å²) in [5.41, 5.74) is 1.97. The highest BCUT2D eigenvalue weighted by Crippen LogP contribution is 2.31. The molecule has 2 fully saturated rings. The maximum atomic E-state index is 13.6. The summed E-state index contributed by atoms with van der Waals surface area (Å²) in [6.07, 6.45) is 3.76. The van der Waals surface area contributed by atoms with Gasteiger partial charge in [0.25, 0.3) is 0 Å². The van der Waals surface area contributed by atoms with E-state index in [-0.39, 0.29) is 11.9 Å². The van der Waals surface area contributed by atoms with Gasteiger partial charge in [0.1, 0.15) is 17.5 Å². The molecule has 8 nitrogen and oxygen atoms in total. The van der Waals surface area contributed by atoms with E-state index >= 15 is 0 Å². The van der Waals surface area contributed by atoms with Crippen molar-refractivity contribution in [1.82, 2.24) is 15.0 Å². The molecule has 0 N–H and O–H groups in total. The third-order valence-corrected chi connectivity index (χ3v) is 7.06. The molecule has 37 heavy (non-hydrogen) atoms. The van der Waals surface area contributed by atoms with Crippen molar-refractivity contribution in [1.29, 1.82) is 0 Å². The van der Waals surface area contributed by atoms with E-state index in [2.05, 4.69) is 26.6 Å². The summed E-state index contributed by atoms with van der Waals surface area (Å²) in [7, 11) is 0. The molecule has 2 aliphatic heterocycles. The van der Waals surface area contributed by atoms with E-state index < -0.39 is 5.97 Å². The van der Waals surface area contributed by atoms with Gasteiger partial charge in [-0.15, -0.1) is 0 Å². The minimum atomic E-state index is -0.434. The van der Waals surface area contributed by atoms with Crippen LogP contribution in [-0.4, -0.2) is 66.3 Å². The molecule has 0 unspecified atom stereocenters. The number of carbonyl (C=O) groups is 1. The molecule has 0 radical (unpaired) electrons. The Morgan fingerprint density at radius 2 is 1.84 bits per heavy atom. The molecule has 1 aromatic carbocycles. The second kappa shape index (κ2) is 10.9. The highest BCUT2D eigenvalue weighted by Gasteiger charge is 2.29. The predicted octanol–water partition coefficient (Wildman–Crippen LogP) is 4.82. The average Bonchev–Trinajstić information content (AvgIpc) is 3.44. The van der Waals surface area contributed by atoms with E-state index in [0.29, 0.717) is 48.6 Å². The van der Waals surface area contributed by atoms with Crippen LogP contribution >= 0.6 is 11.6 Å². The predicted molar refractivity (Wildman–Crippen MR) is 143 cm³/mol. The maximum Gasteiger partial charge on any atom is 0.339 e. The zero-order valence-corrected chi connectivity index (χ0v) is 21.8. The van der Waals surface area contributed by atoms with Gasteiger partial charge in [0.05, 0.1) is 22.9 Å². The summed E-state index contributed by atoms with van der Waals surface area (Å²) in [5, 5.41) is 0.420. The Hall–Kier alpha value is -3.46. The fraction of sp³-hybridized carbons (Fsp3) is 0.407. The zero-order valence-electron chi connectivity index (χ0n) is 21.0. The number of carbonyl (C=O) groups excluding carboxylic acids is 1. The number of nitrogens with zero attached hydrogens (tertiary/aromatic N) is 6. The van der Waals surface area contributed by atoms with Crippen LogP contribution in [0.3, 0.4) is 0 Å². The largest absolute Gasteiger partial charge is 0.462 e. The van der Waals surface area contributed by atoms with Crippen molar-refractivity contribution in [2.45, 2.75) is 32.7 Å². The van der Waals surface area contributed by atoms with Crippen LogP contribution in [0.15, 0.2) is 42.6 Å². The van der Waals surface area contributed by atoms with Gasteiger partial charge in [-0.25, -0.2) is 19.2 Å². The van der Waals surface area contributed by atoms with Crippen LogP contribution in [0.25, 0.3) is 11.3 Å². The average molecular weight is 525 g/mol. The van der Waals surface area contributed by atoms with Crippen LogP contribution in [0.2, 0.25) is 5.02 Å². The second-order valence-electron chi connectivity index (χ2n) is 9.35. The third-order valence-electron chi connectivity index (χ3n) is 6.78. The maximum absolute atomic E-state index is 13.6. The Morgan fingerprint density at radius 3 is 2.51 bits per heavy atom. The van der Waals surface area contributed by atoms with Crippen molar-refractivity contribution >= 4 is 35.2 Å². The van der Waals surface area contributed by atoms with Crippen molar-refractivity contribution in [3.63, 3.8) is 0 Å². The molecule has 2 saturated heterocycles. The molecule has 4 heterocycles. The van der Waals surface area contributed by atoms with Gasteiger partial charge < -0.3 is 19.4 Å². The van der Waals surface area contributed by atoms with Gasteiger partial charge in [-0.05, 0) is 57.0 Å². The first-order valence-corrected chi connectivity index (χ1v) is 13.0. The Morgan fingerprint density at radius 1 is 1.08 bits per heavy atom. The molecule has 2 aliphatic rings. The molecule has 0 saturated carbocycles. The normalized spacial score (nSPS) is 17.8. The van der Waals surface area contributed by atoms with Gasteiger partial charge in [0, 0.05) is 56.6 Å². The van der Waals surface area contributed by atoms with Crippen molar-refractivity contribution in [3.05, 3.63) is 59.0 Å². The number of hydrogen-bond acceptors (Lipinski definition) is 8. The number of piperazine rings is 1. The van der Waals surface area contributed by atoms with Gasteiger partial charge in [0.2, 0.25) is 5.95 Å². The molecule has 3 aromatic rings. The lowest BCUT2D eigenvalue weighted by molar-refractivity contribution is 0.0526. The second-order valence-corrected chi connectivity index (χ2v) is 9.76. The van der Waals surface area contributed by atoms with E-state index in [9.17, 15) is 9.18 Å². The molecule has 0 bridgehead atoms. The molecule has 5 rings (SSSR count). The standard InChI is InChI=1S/C27H30ClFN6O2/c1-3-37-26(36)20-14-22(28)25(30-16-20)34-12-13-35(18(2)17-34)24-15-23(19-6-8-21(29)9-7-19)31-27(32-24)33-10-4-5-11-33/h6-9,14-16,18H,3-5,10-13,17H2,1-2H3/t18-/m1/s1. The number of pyridine rings is 1. The third kappa shape index (κ3) is 5.46. The number of hydrogen-bond donors (Lipinski definition) is 0. The van der Waals surface area contributed by atoms with Crippen LogP contribution in [0.5, 0.6) is 0 Å². The highest BCUT2D eigenvalue weighted by molar-refractivity contribution is 6.33. The molecule has 194 valence electrons. The van der Waals surface area contributed by atoms with Gasteiger partial charge in [0.15, 0.2) is 0 Å². The Bertz CT molecular complexity index is 1270. The molecule has 2 aromatic heterocycles. The van der Waals surface area contributed by atoms with Crippen molar-refractivity contribution in [2.24, 2.45) is 0 Å². The topological polar surface area (TPSA) is 74.7 Å². The molecule has 0 spiro atoms. The molecule has 10 heteroatoms. The molecule has 1 atom stereocenters. The number of esters is 1. The summed E-state index contributed by atoms with van der Waals surface area (Å²) in [6, 6.07) is 10.1. The summed E-state index contributed by atoms with van der Waals surface area (Å²) >= 11 is 6.52. The lowest BCUT2D eigenvalue weighted by Crippen LogP contribution is -2.52. The van der Waals surface area contributed by atoms with Crippen molar-refractivity contribution in [2.75, 3.05) is 54.0 Å². The van der Waals surface area contributed by atoms with E-state index in [1.54, 1.807) is 25.1 Å². The summed E-state index contributed by atoms with van der Waals surface area (Å²) in [4.78, 5) is 32.9. The van der Waals surface area contributed by atoms with E-state index in [0.717, 1.165) is 43.0 Å². The minimum Gasteiger partial charge on any atom is -0.462 e. The fourth-order valence-electron chi connectivity index (χ4n) is 4.88. The first-order chi connectivity index (χ1) is 17.9. The number of benzene rings is 1. The Labute approximate surface area is 221 Å². The lowest BCUT2D eigenvalue weighted by atomic mass is 10.1. The fourth-order valence-corrected chi connectivity index (χ4v) is 5.16. The smallest absolute Gasteiger partial charge is 0.339 e. The molecular formula is C27H30ClFN6O2. The first-order valence-electron chi connectivity index (χ1n) is 12.7. The van der Waals surface area contributed by atoms with Gasteiger partial charge >= 0.3 is 5.97 Å². The van der Waals surface area contributed by atoms with Crippen LogP contribution in [-0.2, 0) is 4.74 Å². The van der Waals surface area contributed by atoms with Crippen LogP contribution < -0.4 is 14.7 Å². The lowest BCUT2D eigenvalue weighted by Gasteiger charge is -2.41. The van der Waals surface area contributed by atoms with E-state index in [1.807, 2.05) is 6.07 Å². The Kier molecular flexibility index (Phi) is 7.41. The number of rotatable bonds is 6. The monoisotopic (exact) mass is 524 g/mol. The molecule has 0 amide bonds. The van der Waals surface area contributed by atoms with Crippen LogP contribution in [0, 0.1) is 5.82 Å². The number of aromatic nitrogens is 3. The summed E-state index contributed by atoms with van der Waals surface area (Å²) < 4.78 is 18.6. The van der Waals surface area contributed by atoms with Crippen LogP contribution in [0.4, 0.5) is 22.0 Å². The highest BCUT2D eigenvalue weighted by atomic mass is 35.5. The first kappa shape index (κ1) is 25.2. The summed E-state index contributed by atoms with van der Waals surface area (Å²) in [6.45, 7) is 8.13. The molecular weight excluding hydrogens is 495 g/mol.